The first-order valence-electron chi connectivity index (χ1n) is 8.04. The van der Waals surface area contributed by atoms with E-state index in [0.29, 0.717) is 0 Å². The molecule has 0 aliphatic rings. The van der Waals surface area contributed by atoms with Crippen molar-refractivity contribution in [3.05, 3.63) is 36.5 Å². The number of alkyl halides is 3. The third-order valence-corrected chi connectivity index (χ3v) is 10.7. The van der Waals surface area contributed by atoms with Crippen molar-refractivity contribution in [2.24, 2.45) is 14.1 Å². The summed E-state index contributed by atoms with van der Waals surface area (Å²) >= 11 is -2.00. The van der Waals surface area contributed by atoms with Crippen molar-refractivity contribution in [3.63, 3.8) is 0 Å². The van der Waals surface area contributed by atoms with Crippen LogP contribution in [0, 0.1) is 0 Å². The minimum atomic E-state index is -6.09. The Morgan fingerprint density at radius 2 is 1.67 bits per heavy atom. The molecule has 0 bridgehead atoms. The summed E-state index contributed by atoms with van der Waals surface area (Å²) < 4.78 is 65.0. The first kappa shape index (κ1) is 22.0. The predicted molar refractivity (Wildman–Crippen MR) is 100 cm³/mol. The van der Waals surface area contributed by atoms with Gasteiger partial charge in [0.1, 0.15) is 0 Å². The van der Waals surface area contributed by atoms with Gasteiger partial charge in [-0.1, -0.05) is 0 Å². The van der Waals surface area contributed by atoms with Crippen LogP contribution in [0.15, 0.2) is 36.5 Å². The molecule has 3 aromatic rings. The Labute approximate surface area is 160 Å². The minimum absolute atomic E-state index is 1.29. The van der Waals surface area contributed by atoms with Gasteiger partial charge >= 0.3 is 124 Å². The van der Waals surface area contributed by atoms with Crippen LogP contribution in [0.2, 0.25) is 14.8 Å². The van der Waals surface area contributed by atoms with Crippen LogP contribution < -0.4 is 8.15 Å². The Kier molecular flexibility index (Phi) is 5.89. The number of rotatable bonds is 1. The summed E-state index contributed by atoms with van der Waals surface area (Å²) in [5.74, 6) is 0. The molecular formula is C17H21F3N2O3SSn. The molecule has 148 valence electrons. The molecule has 0 aliphatic carbocycles. The molecule has 0 amide bonds. The van der Waals surface area contributed by atoms with Gasteiger partial charge in [0.2, 0.25) is 0 Å². The molecule has 0 fully saturated rings. The maximum atomic E-state index is 10.7. The number of nitrogens with zero attached hydrogens (tertiary/aromatic N) is 2. The van der Waals surface area contributed by atoms with Gasteiger partial charge in [0.15, 0.2) is 10.1 Å². The zero-order chi connectivity index (χ0) is 20.8. The van der Waals surface area contributed by atoms with Crippen molar-refractivity contribution >= 4 is 54.0 Å². The Balaban J connectivity index is 0.000000279. The average Bonchev–Trinajstić information content (AvgIpc) is 2.79. The number of hydrogen-bond acceptors (Lipinski definition) is 3. The molecule has 5 nitrogen and oxygen atoms in total. The van der Waals surface area contributed by atoms with Crippen LogP contribution in [0.5, 0.6) is 0 Å². The van der Waals surface area contributed by atoms with Gasteiger partial charge in [-0.25, -0.2) is 8.42 Å². The van der Waals surface area contributed by atoms with Crippen LogP contribution in [-0.2, 0) is 24.2 Å². The number of pyridine rings is 1. The molecule has 0 aliphatic heterocycles. The standard InChI is InChI=1S/C13H12N2.CHF3O3S.3CH3.Sn/c1-14-9-5-7-11-10-6-3-4-8-12(10)15(2)13(11)14;2-1(3,4)8(5,6)7;;;;/h4-9H,1-2H3;(H,5,6,7);3*1H3;/q+1;;;;;/p-1. The van der Waals surface area contributed by atoms with Gasteiger partial charge in [0, 0.05) is 0 Å². The first-order valence-corrected chi connectivity index (χ1v) is 19.4. The average molecular weight is 509 g/mol. The smallest absolute Gasteiger partial charge is 0.485 e. The van der Waals surface area contributed by atoms with E-state index in [2.05, 4.69) is 74.6 Å². The van der Waals surface area contributed by atoms with E-state index < -0.39 is 34.0 Å². The summed E-state index contributed by atoms with van der Waals surface area (Å²) in [5.41, 5.74) is -3.03. The summed E-state index contributed by atoms with van der Waals surface area (Å²) in [5, 5.41) is 2.76. The maximum absolute atomic E-state index is 10.7. The molecule has 3 rings (SSSR count). The number of benzene rings is 1. The molecule has 2 heterocycles. The van der Waals surface area contributed by atoms with Gasteiger partial charge in [0.25, 0.3) is 0 Å². The van der Waals surface area contributed by atoms with Gasteiger partial charge in [-0.05, 0) is 0 Å². The summed E-state index contributed by atoms with van der Waals surface area (Å²) in [4.78, 5) is 7.42. The van der Waals surface area contributed by atoms with Crippen molar-refractivity contribution in [1.29, 1.82) is 0 Å². The zero-order valence-corrected chi connectivity index (χ0v) is 19.3. The van der Waals surface area contributed by atoms with Crippen molar-refractivity contribution < 1.29 is 30.7 Å². The van der Waals surface area contributed by atoms with E-state index in [9.17, 15) is 13.2 Å². The number of hydrogen-bond donors (Lipinski definition) is 0. The van der Waals surface area contributed by atoms with Crippen LogP contribution in [0.3, 0.4) is 0 Å². The van der Waals surface area contributed by atoms with Crippen LogP contribution in [0.25, 0.3) is 21.9 Å². The van der Waals surface area contributed by atoms with E-state index in [1.807, 2.05) is 0 Å². The Morgan fingerprint density at radius 1 is 1.11 bits per heavy atom. The van der Waals surface area contributed by atoms with E-state index >= 15 is 0 Å². The van der Waals surface area contributed by atoms with Gasteiger partial charge < -0.3 is 4.55 Å². The van der Waals surface area contributed by atoms with E-state index in [1.54, 1.807) is 3.58 Å². The fourth-order valence-corrected chi connectivity index (χ4v) is 6.17. The Morgan fingerprint density at radius 3 is 2.15 bits per heavy atom. The molecule has 1 aromatic carbocycles. The van der Waals surface area contributed by atoms with Crippen LogP contribution in [-0.4, -0.2) is 41.4 Å². The van der Waals surface area contributed by atoms with Crippen LogP contribution >= 0.6 is 0 Å². The van der Waals surface area contributed by atoms with E-state index in [-0.39, 0.29) is 0 Å². The molecule has 2 aromatic heterocycles. The van der Waals surface area contributed by atoms with Gasteiger partial charge in [0.05, 0.1) is 0 Å². The second kappa shape index (κ2) is 7.25. The van der Waals surface area contributed by atoms with Crippen LogP contribution in [0.1, 0.15) is 0 Å². The first-order chi connectivity index (χ1) is 12.1. The molecule has 27 heavy (non-hydrogen) atoms. The second-order valence-corrected chi connectivity index (χ2v) is 23.2. The Bertz CT molecular complexity index is 1100. The zero-order valence-electron chi connectivity index (χ0n) is 15.6. The SMILES string of the molecule is Cn1c2cc[c]([Sn]([CH3])([CH3])[CH3])cc2c2ccc[n+](C)c21.O=S(=O)([O-])C(F)(F)F. The minimum Gasteiger partial charge on any atom is -0.741 e. The number of aromatic nitrogens is 2. The molecule has 0 N–H and O–H groups in total. The number of aryl methyl sites for hydroxylation is 2. The fourth-order valence-electron chi connectivity index (χ4n) is 2.86. The third kappa shape index (κ3) is 4.57. The molecular weight excluding hydrogens is 488 g/mol. The van der Waals surface area contributed by atoms with E-state index in [4.69, 9.17) is 13.0 Å². The molecule has 10 heteroatoms. The van der Waals surface area contributed by atoms with Gasteiger partial charge in [-0.3, -0.25) is 0 Å². The Hall–Kier alpha value is -1.33. The number of fused-ring (bicyclic) bond motifs is 3. The fraction of sp³-hybridized carbons (Fsp3) is 0.353. The quantitative estimate of drug-likeness (QED) is 0.220. The molecule has 0 radical (unpaired) electrons. The second-order valence-electron chi connectivity index (χ2n) is 7.30. The number of halogens is 3. The summed E-state index contributed by atoms with van der Waals surface area (Å²) in [6.07, 6.45) is 2.12. The van der Waals surface area contributed by atoms with Gasteiger partial charge in [-0.15, -0.1) is 0 Å². The molecule has 0 saturated carbocycles. The predicted octanol–water partition coefficient (Wildman–Crippen LogP) is 2.75. The van der Waals surface area contributed by atoms with Crippen molar-refractivity contribution in [1.82, 2.24) is 4.57 Å². The molecule has 0 unspecified atom stereocenters. The van der Waals surface area contributed by atoms with Crippen molar-refractivity contribution in [3.8, 4) is 0 Å². The van der Waals surface area contributed by atoms with Crippen molar-refractivity contribution in [2.75, 3.05) is 0 Å². The largest absolute Gasteiger partial charge is 0.741 e. The molecule has 0 spiro atoms. The van der Waals surface area contributed by atoms with E-state index in [1.165, 1.54) is 21.9 Å². The molecule has 0 atom stereocenters. The topological polar surface area (TPSA) is 66.0 Å². The summed E-state index contributed by atoms with van der Waals surface area (Å²) in [6.45, 7) is 0. The monoisotopic (exact) mass is 510 g/mol. The van der Waals surface area contributed by atoms with Crippen molar-refractivity contribution in [2.45, 2.75) is 20.3 Å². The molecule has 0 saturated heterocycles. The van der Waals surface area contributed by atoms with Crippen LogP contribution in [0.4, 0.5) is 13.2 Å². The third-order valence-electron chi connectivity index (χ3n) is 4.26. The summed E-state index contributed by atoms with van der Waals surface area (Å²) in [6, 6.07) is 11.5. The summed E-state index contributed by atoms with van der Waals surface area (Å²) in [7, 11) is -1.82. The van der Waals surface area contributed by atoms with E-state index in [0.717, 1.165) is 0 Å². The van der Waals surface area contributed by atoms with Gasteiger partial charge in [-0.2, -0.15) is 13.2 Å². The maximum Gasteiger partial charge on any atom is 0.485 e. The normalized spacial score (nSPS) is 12.9.